The van der Waals surface area contributed by atoms with Gasteiger partial charge in [0.2, 0.25) is 0 Å². The lowest BCUT2D eigenvalue weighted by molar-refractivity contribution is -0.132. The van der Waals surface area contributed by atoms with E-state index in [2.05, 4.69) is 0 Å². The van der Waals surface area contributed by atoms with Crippen LogP contribution in [0.3, 0.4) is 0 Å². The third-order valence-electron chi connectivity index (χ3n) is 3.50. The van der Waals surface area contributed by atoms with Crippen molar-refractivity contribution in [2.75, 3.05) is 26.8 Å². The Hall–Kier alpha value is -2.20. The second-order valence-corrected chi connectivity index (χ2v) is 5.86. The Morgan fingerprint density at radius 1 is 0.958 bits per heavy atom. The van der Waals surface area contributed by atoms with E-state index in [1.807, 2.05) is 42.5 Å². The average molecular weight is 348 g/mol. The zero-order valence-corrected chi connectivity index (χ0v) is 14.5. The molecule has 2 aromatic rings. The Balaban J connectivity index is 1.57. The van der Waals surface area contributed by atoms with Crippen LogP contribution in [0, 0.1) is 0 Å². The van der Waals surface area contributed by atoms with Crippen LogP contribution in [0.15, 0.2) is 54.6 Å². The maximum atomic E-state index is 12.0. The van der Waals surface area contributed by atoms with Crippen molar-refractivity contribution < 1.29 is 14.3 Å². The Morgan fingerprint density at radius 3 is 2.33 bits per heavy atom. The van der Waals surface area contributed by atoms with Gasteiger partial charge in [-0.05, 0) is 49.2 Å². The molecule has 0 N–H and O–H groups in total. The lowest BCUT2D eigenvalue weighted by Gasteiger charge is -2.17. The highest BCUT2D eigenvalue weighted by molar-refractivity contribution is 6.30. The number of para-hydroxylation sites is 1. The first kappa shape index (κ1) is 18.1. The van der Waals surface area contributed by atoms with E-state index in [1.165, 1.54) is 0 Å². The monoisotopic (exact) mass is 347 g/mol. The molecule has 0 spiro atoms. The molecule has 0 atom stereocenters. The van der Waals surface area contributed by atoms with Crippen molar-refractivity contribution in [3.05, 3.63) is 59.6 Å². The molecular weight excluding hydrogens is 326 g/mol. The zero-order valence-electron chi connectivity index (χ0n) is 13.8. The predicted octanol–water partition coefficient (Wildman–Crippen LogP) is 4.04. The van der Waals surface area contributed by atoms with Gasteiger partial charge < -0.3 is 14.4 Å². The van der Waals surface area contributed by atoms with Crippen LogP contribution < -0.4 is 9.47 Å². The number of hydrogen-bond donors (Lipinski definition) is 0. The molecule has 2 rings (SSSR count). The number of ether oxygens (including phenoxy) is 2. The van der Waals surface area contributed by atoms with Gasteiger partial charge in [-0.1, -0.05) is 29.8 Å². The number of carbonyl (C=O) groups excluding carboxylic acids is 1. The predicted molar refractivity (Wildman–Crippen MR) is 95.8 cm³/mol. The number of unbranched alkanes of at least 4 members (excludes halogenated alkanes) is 1. The second kappa shape index (κ2) is 9.83. The summed E-state index contributed by atoms with van der Waals surface area (Å²) in [5.74, 6) is 1.48. The summed E-state index contributed by atoms with van der Waals surface area (Å²) in [5, 5.41) is 0.695. The molecule has 0 saturated heterocycles. The number of nitrogens with zero attached hydrogens (tertiary/aromatic N) is 1. The molecule has 0 aliphatic carbocycles. The number of halogens is 1. The fourth-order valence-corrected chi connectivity index (χ4v) is 2.19. The summed E-state index contributed by atoms with van der Waals surface area (Å²) in [6, 6.07) is 16.6. The van der Waals surface area contributed by atoms with Crippen LogP contribution in [-0.2, 0) is 4.79 Å². The highest BCUT2D eigenvalue weighted by Crippen LogP contribution is 2.15. The number of amides is 1. The Labute approximate surface area is 147 Å². The van der Waals surface area contributed by atoms with Crippen molar-refractivity contribution >= 4 is 17.5 Å². The van der Waals surface area contributed by atoms with Gasteiger partial charge in [-0.25, -0.2) is 0 Å². The van der Waals surface area contributed by atoms with E-state index in [4.69, 9.17) is 21.1 Å². The fraction of sp³-hybridized carbons (Fsp3) is 0.316. The molecule has 0 radical (unpaired) electrons. The van der Waals surface area contributed by atoms with Gasteiger partial charge in [0, 0.05) is 18.6 Å². The van der Waals surface area contributed by atoms with Gasteiger partial charge in [0.1, 0.15) is 11.5 Å². The van der Waals surface area contributed by atoms with Crippen LogP contribution in [0.4, 0.5) is 0 Å². The van der Waals surface area contributed by atoms with Crippen LogP contribution in [-0.4, -0.2) is 37.6 Å². The maximum Gasteiger partial charge on any atom is 0.260 e. The van der Waals surface area contributed by atoms with Crippen molar-refractivity contribution in [2.24, 2.45) is 0 Å². The molecule has 0 fully saturated rings. The van der Waals surface area contributed by atoms with Crippen LogP contribution in [0.5, 0.6) is 11.5 Å². The third-order valence-corrected chi connectivity index (χ3v) is 3.75. The van der Waals surface area contributed by atoms with Gasteiger partial charge in [0.15, 0.2) is 6.61 Å². The smallest absolute Gasteiger partial charge is 0.260 e. The summed E-state index contributed by atoms with van der Waals surface area (Å²) in [4.78, 5) is 13.7. The van der Waals surface area contributed by atoms with E-state index < -0.39 is 0 Å². The molecule has 0 unspecified atom stereocenters. The SMILES string of the molecule is CN(CCCCOc1ccc(Cl)cc1)C(=O)COc1ccccc1. The molecule has 0 aliphatic rings. The molecule has 0 heterocycles. The summed E-state index contributed by atoms with van der Waals surface area (Å²) in [6.07, 6.45) is 1.75. The van der Waals surface area contributed by atoms with E-state index in [-0.39, 0.29) is 12.5 Å². The molecule has 0 aromatic heterocycles. The molecule has 0 saturated carbocycles. The van der Waals surface area contributed by atoms with Gasteiger partial charge >= 0.3 is 0 Å². The molecule has 24 heavy (non-hydrogen) atoms. The second-order valence-electron chi connectivity index (χ2n) is 5.43. The minimum atomic E-state index is -0.0301. The van der Waals surface area contributed by atoms with Gasteiger partial charge in [0.05, 0.1) is 6.61 Å². The largest absolute Gasteiger partial charge is 0.494 e. The maximum absolute atomic E-state index is 12.0. The van der Waals surface area contributed by atoms with Crippen molar-refractivity contribution in [1.82, 2.24) is 4.90 Å². The normalized spacial score (nSPS) is 10.2. The highest BCUT2D eigenvalue weighted by atomic mass is 35.5. The topological polar surface area (TPSA) is 38.8 Å². The summed E-state index contributed by atoms with van der Waals surface area (Å²) in [5.41, 5.74) is 0. The van der Waals surface area contributed by atoms with Crippen molar-refractivity contribution in [3.8, 4) is 11.5 Å². The minimum absolute atomic E-state index is 0.0301. The quantitative estimate of drug-likeness (QED) is 0.643. The fourth-order valence-electron chi connectivity index (χ4n) is 2.07. The lowest BCUT2D eigenvalue weighted by Crippen LogP contribution is -2.32. The van der Waals surface area contributed by atoms with E-state index in [1.54, 1.807) is 24.1 Å². The molecule has 0 aliphatic heterocycles. The van der Waals surface area contributed by atoms with Gasteiger partial charge in [-0.2, -0.15) is 0 Å². The number of hydrogen-bond acceptors (Lipinski definition) is 3. The van der Waals surface area contributed by atoms with Crippen molar-refractivity contribution in [1.29, 1.82) is 0 Å². The van der Waals surface area contributed by atoms with Gasteiger partial charge in [0.25, 0.3) is 5.91 Å². The summed E-state index contributed by atoms with van der Waals surface area (Å²) in [7, 11) is 1.79. The van der Waals surface area contributed by atoms with Crippen LogP contribution in [0.25, 0.3) is 0 Å². The van der Waals surface area contributed by atoms with Crippen molar-refractivity contribution in [2.45, 2.75) is 12.8 Å². The van der Waals surface area contributed by atoms with Crippen LogP contribution in [0.2, 0.25) is 5.02 Å². The Kier molecular flexibility index (Phi) is 7.43. The summed E-state index contributed by atoms with van der Waals surface area (Å²) in [6.45, 7) is 1.35. The third kappa shape index (κ3) is 6.50. The number of likely N-dealkylation sites (N-methyl/N-ethyl adjacent to an activating group) is 1. The molecule has 0 bridgehead atoms. The molecule has 1 amide bonds. The molecular formula is C19H22ClNO3. The highest BCUT2D eigenvalue weighted by Gasteiger charge is 2.09. The van der Waals surface area contributed by atoms with E-state index in [0.29, 0.717) is 23.9 Å². The molecule has 4 nitrogen and oxygen atoms in total. The lowest BCUT2D eigenvalue weighted by atomic mass is 10.3. The average Bonchev–Trinajstić information content (AvgIpc) is 2.61. The van der Waals surface area contributed by atoms with Gasteiger partial charge in [-0.15, -0.1) is 0 Å². The number of carbonyl (C=O) groups is 1. The van der Waals surface area contributed by atoms with Gasteiger partial charge in [-0.3, -0.25) is 4.79 Å². The summed E-state index contributed by atoms with van der Waals surface area (Å²) >= 11 is 5.82. The first-order valence-corrected chi connectivity index (χ1v) is 8.33. The van der Waals surface area contributed by atoms with Crippen LogP contribution in [0.1, 0.15) is 12.8 Å². The van der Waals surface area contributed by atoms with Crippen LogP contribution >= 0.6 is 11.6 Å². The van der Waals surface area contributed by atoms with E-state index >= 15 is 0 Å². The molecule has 128 valence electrons. The zero-order chi connectivity index (χ0) is 17.2. The van der Waals surface area contributed by atoms with Crippen molar-refractivity contribution in [3.63, 3.8) is 0 Å². The van der Waals surface area contributed by atoms with E-state index in [0.717, 1.165) is 18.6 Å². The minimum Gasteiger partial charge on any atom is -0.494 e. The number of benzene rings is 2. The molecule has 5 heteroatoms. The first-order chi connectivity index (χ1) is 11.6. The Bertz CT molecular complexity index is 616. The van der Waals surface area contributed by atoms with E-state index in [9.17, 15) is 4.79 Å². The molecule has 2 aromatic carbocycles. The summed E-state index contributed by atoms with van der Waals surface area (Å²) < 4.78 is 11.1. The number of rotatable bonds is 9. The standard InChI is InChI=1S/C19H22ClNO3/c1-21(19(22)15-24-17-7-3-2-4-8-17)13-5-6-14-23-18-11-9-16(20)10-12-18/h2-4,7-12H,5-6,13-15H2,1H3. The first-order valence-electron chi connectivity index (χ1n) is 7.95. The Morgan fingerprint density at radius 2 is 1.62 bits per heavy atom.